The number of nitrogens with two attached hydrogens (primary N) is 1. The number of aliphatic imine (C=N–C) groups is 1. The van der Waals surface area contributed by atoms with Crippen LogP contribution in [-0.2, 0) is 10.9 Å². The third-order valence-electron chi connectivity index (χ3n) is 4.16. The third kappa shape index (κ3) is 4.99. The molecule has 1 saturated carbocycles. The second kappa shape index (κ2) is 6.87. The average Bonchev–Trinajstić information content (AvgIpc) is 3.31. The Labute approximate surface area is 156 Å². The number of hydrogen-bond acceptors (Lipinski definition) is 3. The molecule has 1 aliphatic carbocycles. The van der Waals surface area contributed by atoms with Crippen molar-refractivity contribution in [3.05, 3.63) is 53.7 Å². The molecule has 1 aromatic heterocycles. The van der Waals surface area contributed by atoms with E-state index in [0.29, 0.717) is 11.3 Å². The molecule has 0 saturated heterocycles. The number of pyridine rings is 1. The van der Waals surface area contributed by atoms with Crippen LogP contribution in [0.5, 0.6) is 0 Å². The van der Waals surface area contributed by atoms with Gasteiger partial charge in [0.15, 0.2) is 0 Å². The van der Waals surface area contributed by atoms with E-state index >= 15 is 0 Å². The second-order valence-electron chi connectivity index (χ2n) is 7.65. The van der Waals surface area contributed by atoms with E-state index in [-0.39, 0.29) is 18.0 Å². The number of alkyl halides is 3. The molecule has 3 rings (SSSR count). The van der Waals surface area contributed by atoms with Crippen molar-refractivity contribution < 1.29 is 17.9 Å². The molecule has 27 heavy (non-hydrogen) atoms. The second-order valence-corrected chi connectivity index (χ2v) is 7.65. The fraction of sp³-hybridized carbons (Fsp3) is 0.400. The van der Waals surface area contributed by atoms with Crippen molar-refractivity contribution in [3.63, 3.8) is 0 Å². The molecule has 0 aliphatic heterocycles. The predicted octanol–water partition coefficient (Wildman–Crippen LogP) is 4.75. The highest BCUT2D eigenvalue weighted by Crippen LogP contribution is 2.43. The molecule has 2 N–H and O–H groups in total. The topological polar surface area (TPSA) is 60.5 Å². The number of rotatable bonds is 3. The summed E-state index contributed by atoms with van der Waals surface area (Å²) in [6.07, 6.45) is -1.83. The maximum absolute atomic E-state index is 12.9. The van der Waals surface area contributed by atoms with Crippen molar-refractivity contribution in [2.75, 3.05) is 0 Å². The van der Waals surface area contributed by atoms with Crippen molar-refractivity contribution in [2.45, 2.75) is 50.9 Å². The molecule has 1 aliphatic rings. The van der Waals surface area contributed by atoms with Crippen LogP contribution in [0.15, 0.2) is 47.6 Å². The van der Waals surface area contributed by atoms with Gasteiger partial charge in [-0.2, -0.15) is 13.2 Å². The molecule has 0 spiro atoms. The van der Waals surface area contributed by atoms with E-state index in [1.165, 1.54) is 6.07 Å². The predicted molar refractivity (Wildman–Crippen MR) is 98.3 cm³/mol. The summed E-state index contributed by atoms with van der Waals surface area (Å²) < 4.78 is 44.1. The molecule has 7 heteroatoms. The zero-order chi connectivity index (χ0) is 19.8. The molecular weight excluding hydrogens is 355 g/mol. The zero-order valence-electron chi connectivity index (χ0n) is 15.4. The summed E-state index contributed by atoms with van der Waals surface area (Å²) in [7, 11) is 0. The van der Waals surface area contributed by atoms with Crippen LogP contribution in [0.25, 0.3) is 11.3 Å². The molecule has 2 aromatic rings. The Hall–Kier alpha value is -2.57. The maximum Gasteiger partial charge on any atom is 0.416 e. The lowest BCUT2D eigenvalue weighted by Crippen LogP contribution is -2.29. The standard InChI is InChI=1S/C20H22F3N3O/c1-19(2,3)27-18(24)26-17-10-15(17)13-7-8-16(25-11-13)12-5-4-6-14(9-12)20(21,22)23/h4-9,11,15,17H,10H2,1-3H3,(H2,24,26)/t15-,17+/m1/s1. The van der Waals surface area contributed by atoms with Crippen molar-refractivity contribution in [1.29, 1.82) is 0 Å². The van der Waals surface area contributed by atoms with Gasteiger partial charge in [0.25, 0.3) is 6.02 Å². The van der Waals surface area contributed by atoms with E-state index in [0.717, 1.165) is 24.1 Å². The van der Waals surface area contributed by atoms with Gasteiger partial charge in [-0.05, 0) is 51.0 Å². The zero-order valence-corrected chi connectivity index (χ0v) is 15.4. The van der Waals surface area contributed by atoms with Gasteiger partial charge in [0.05, 0.1) is 17.3 Å². The van der Waals surface area contributed by atoms with Gasteiger partial charge in [0.2, 0.25) is 0 Å². The van der Waals surface area contributed by atoms with Gasteiger partial charge in [0, 0.05) is 17.7 Å². The van der Waals surface area contributed by atoms with Crippen molar-refractivity contribution in [2.24, 2.45) is 10.7 Å². The van der Waals surface area contributed by atoms with Crippen LogP contribution >= 0.6 is 0 Å². The van der Waals surface area contributed by atoms with E-state index in [4.69, 9.17) is 10.5 Å². The van der Waals surface area contributed by atoms with E-state index in [1.807, 2.05) is 26.8 Å². The number of aromatic nitrogens is 1. The van der Waals surface area contributed by atoms with Gasteiger partial charge < -0.3 is 10.5 Å². The highest BCUT2D eigenvalue weighted by atomic mass is 19.4. The first-order valence-electron chi connectivity index (χ1n) is 8.69. The van der Waals surface area contributed by atoms with Crippen molar-refractivity contribution in [1.82, 2.24) is 4.98 Å². The molecule has 1 heterocycles. The van der Waals surface area contributed by atoms with Gasteiger partial charge in [-0.15, -0.1) is 0 Å². The number of nitrogens with zero attached hydrogens (tertiary/aromatic N) is 2. The molecule has 0 radical (unpaired) electrons. The Bertz CT molecular complexity index is 839. The van der Waals surface area contributed by atoms with Crippen LogP contribution < -0.4 is 5.73 Å². The van der Waals surface area contributed by atoms with E-state index < -0.39 is 17.3 Å². The molecular formula is C20H22F3N3O. The third-order valence-corrected chi connectivity index (χ3v) is 4.16. The highest BCUT2D eigenvalue weighted by molar-refractivity contribution is 5.72. The molecule has 4 nitrogen and oxygen atoms in total. The van der Waals surface area contributed by atoms with Crippen LogP contribution in [0.3, 0.4) is 0 Å². The van der Waals surface area contributed by atoms with E-state index in [9.17, 15) is 13.2 Å². The molecule has 1 fully saturated rings. The van der Waals surface area contributed by atoms with Gasteiger partial charge in [-0.1, -0.05) is 18.2 Å². The largest absolute Gasteiger partial charge is 0.460 e. The van der Waals surface area contributed by atoms with Gasteiger partial charge in [-0.25, -0.2) is 4.99 Å². The minimum Gasteiger partial charge on any atom is -0.460 e. The number of ether oxygens (including phenoxy) is 1. The lowest BCUT2D eigenvalue weighted by molar-refractivity contribution is -0.137. The highest BCUT2D eigenvalue weighted by Gasteiger charge is 2.39. The van der Waals surface area contributed by atoms with E-state index in [1.54, 1.807) is 18.3 Å². The van der Waals surface area contributed by atoms with Crippen LogP contribution in [-0.4, -0.2) is 22.6 Å². The Morgan fingerprint density at radius 2 is 1.93 bits per heavy atom. The fourth-order valence-corrected chi connectivity index (χ4v) is 2.84. The van der Waals surface area contributed by atoms with Gasteiger partial charge >= 0.3 is 6.18 Å². The monoisotopic (exact) mass is 377 g/mol. The molecule has 144 valence electrons. The summed E-state index contributed by atoms with van der Waals surface area (Å²) in [5.41, 5.74) is 6.66. The smallest absolute Gasteiger partial charge is 0.416 e. The number of amidine groups is 1. The van der Waals surface area contributed by atoms with Crippen LogP contribution in [0.1, 0.15) is 44.2 Å². The quantitative estimate of drug-likeness (QED) is 0.620. The lowest BCUT2D eigenvalue weighted by Gasteiger charge is -2.19. The number of hydrogen-bond donors (Lipinski definition) is 1. The minimum absolute atomic E-state index is 0.0496. The van der Waals surface area contributed by atoms with Crippen molar-refractivity contribution >= 4 is 6.02 Å². The van der Waals surface area contributed by atoms with Gasteiger partial charge in [0.1, 0.15) is 5.60 Å². The minimum atomic E-state index is -4.37. The molecule has 0 bridgehead atoms. The first-order valence-corrected chi connectivity index (χ1v) is 8.69. The van der Waals surface area contributed by atoms with Crippen LogP contribution in [0.2, 0.25) is 0 Å². The Balaban J connectivity index is 1.70. The average molecular weight is 377 g/mol. The normalized spacial score (nSPS) is 20.4. The fourth-order valence-electron chi connectivity index (χ4n) is 2.84. The summed E-state index contributed by atoms with van der Waals surface area (Å²) in [6.45, 7) is 5.70. The number of benzene rings is 1. The Morgan fingerprint density at radius 1 is 1.19 bits per heavy atom. The van der Waals surface area contributed by atoms with Crippen LogP contribution in [0, 0.1) is 0 Å². The van der Waals surface area contributed by atoms with Gasteiger partial charge in [-0.3, -0.25) is 4.98 Å². The Morgan fingerprint density at radius 3 is 2.52 bits per heavy atom. The van der Waals surface area contributed by atoms with Crippen LogP contribution in [0.4, 0.5) is 13.2 Å². The molecule has 1 aromatic carbocycles. The summed E-state index contributed by atoms with van der Waals surface area (Å²) in [6, 6.07) is 8.99. The Kier molecular flexibility index (Phi) is 4.88. The summed E-state index contributed by atoms with van der Waals surface area (Å²) in [5.74, 6) is 0.204. The molecule has 0 unspecified atom stereocenters. The summed E-state index contributed by atoms with van der Waals surface area (Å²) in [5, 5.41) is 0. The summed E-state index contributed by atoms with van der Waals surface area (Å²) in [4.78, 5) is 8.70. The first kappa shape index (κ1) is 19.2. The maximum atomic E-state index is 12.9. The van der Waals surface area contributed by atoms with E-state index in [2.05, 4.69) is 9.98 Å². The first-order chi connectivity index (χ1) is 12.5. The SMILES string of the molecule is CC(C)(C)OC(N)=N[C@H]1C[C@@H]1c1ccc(-c2cccc(C(F)(F)F)c2)nc1. The van der Waals surface area contributed by atoms with Crippen molar-refractivity contribution in [3.8, 4) is 11.3 Å². The summed E-state index contributed by atoms with van der Waals surface area (Å²) >= 11 is 0. The number of halogens is 3. The lowest BCUT2D eigenvalue weighted by atomic mass is 10.1. The molecule has 0 amide bonds. The molecule has 2 atom stereocenters.